The van der Waals surface area contributed by atoms with Gasteiger partial charge in [-0.25, -0.2) is 0 Å². The molecule has 1 heterocycles. The van der Waals surface area contributed by atoms with Crippen molar-refractivity contribution in [2.45, 2.75) is 0 Å². The van der Waals surface area contributed by atoms with Crippen molar-refractivity contribution in [3.63, 3.8) is 0 Å². The first-order valence-electron chi connectivity index (χ1n) is 9.45. The van der Waals surface area contributed by atoms with Crippen LogP contribution in [-0.4, -0.2) is 0 Å². The number of rotatable bonds is 0. The maximum absolute atomic E-state index is 3.34. The van der Waals surface area contributed by atoms with Crippen molar-refractivity contribution in [1.82, 2.24) is 0 Å². The molecule has 1 aromatic rings. The van der Waals surface area contributed by atoms with Crippen molar-refractivity contribution < 1.29 is 0 Å². The van der Waals surface area contributed by atoms with Crippen LogP contribution in [0.4, 0.5) is 0 Å². The number of thiophene rings is 1. The summed E-state index contributed by atoms with van der Waals surface area (Å²) in [6.45, 7) is 0. The van der Waals surface area contributed by atoms with Crippen LogP contribution in [0, 0.1) is 23.7 Å². The van der Waals surface area contributed by atoms with Crippen LogP contribution >= 0.6 is 11.3 Å². The van der Waals surface area contributed by atoms with E-state index in [2.05, 4.69) is 108 Å². The Hall–Kier alpha value is -3.78. The summed E-state index contributed by atoms with van der Waals surface area (Å²) in [5, 5.41) is 2.06. The van der Waals surface area contributed by atoms with E-state index in [1.165, 1.54) is 22.3 Å². The van der Waals surface area contributed by atoms with Crippen molar-refractivity contribution in [2.24, 2.45) is 0 Å². The average molecular weight is 385 g/mol. The van der Waals surface area contributed by atoms with E-state index >= 15 is 0 Å². The van der Waals surface area contributed by atoms with Gasteiger partial charge < -0.3 is 0 Å². The van der Waals surface area contributed by atoms with Crippen LogP contribution in [-0.2, 0) is 0 Å². The van der Waals surface area contributed by atoms with Gasteiger partial charge in [0.1, 0.15) is 0 Å². The van der Waals surface area contributed by atoms with E-state index in [0.29, 0.717) is 0 Å². The second-order valence-corrected chi connectivity index (χ2v) is 7.63. The third-order valence-electron chi connectivity index (χ3n) is 4.89. The minimum Gasteiger partial charge on any atom is -0.134 e. The predicted molar refractivity (Wildman–Crippen MR) is 122 cm³/mol. The van der Waals surface area contributed by atoms with Gasteiger partial charge in [0.15, 0.2) is 0 Å². The lowest BCUT2D eigenvalue weighted by Gasteiger charge is -1.93. The van der Waals surface area contributed by atoms with E-state index in [9.17, 15) is 0 Å². The van der Waals surface area contributed by atoms with Crippen molar-refractivity contribution in [1.29, 1.82) is 0 Å². The van der Waals surface area contributed by atoms with Gasteiger partial charge in [-0.15, -0.1) is 11.3 Å². The molecule has 0 N–H and O–H groups in total. The van der Waals surface area contributed by atoms with Gasteiger partial charge in [0.25, 0.3) is 0 Å². The summed E-state index contributed by atoms with van der Waals surface area (Å²) in [5.41, 5.74) is 7.87. The zero-order valence-corrected chi connectivity index (χ0v) is 16.5. The van der Waals surface area contributed by atoms with Crippen molar-refractivity contribution in [3.8, 4) is 45.9 Å². The molecular weight excluding hydrogens is 368 g/mol. The Bertz CT molecular complexity index is 1260. The molecule has 0 spiro atoms. The molecule has 4 aliphatic rings. The Morgan fingerprint density at radius 2 is 1.00 bits per heavy atom. The van der Waals surface area contributed by atoms with Crippen LogP contribution in [0.5, 0.6) is 0 Å². The SMILES string of the molecule is C(#Cc1ccsc1C#Cc1ccc2cccccc1-2)c1ccc2cccccc1-2. The highest BCUT2D eigenvalue weighted by Crippen LogP contribution is 2.27. The van der Waals surface area contributed by atoms with Crippen molar-refractivity contribution in [2.75, 3.05) is 0 Å². The minimum atomic E-state index is 0.985. The summed E-state index contributed by atoms with van der Waals surface area (Å²) in [6, 6.07) is 31.2. The molecule has 0 saturated carbocycles. The lowest BCUT2D eigenvalue weighted by Crippen LogP contribution is -1.77. The molecule has 0 fully saturated rings. The van der Waals surface area contributed by atoms with Crippen molar-refractivity contribution >= 4 is 11.3 Å². The fourth-order valence-electron chi connectivity index (χ4n) is 3.41. The fraction of sp³-hybridized carbons (Fsp3) is 0. The van der Waals surface area contributed by atoms with Gasteiger partial charge in [0, 0.05) is 11.1 Å². The zero-order chi connectivity index (χ0) is 19.5. The van der Waals surface area contributed by atoms with E-state index in [-0.39, 0.29) is 0 Å². The highest BCUT2D eigenvalue weighted by atomic mass is 32.1. The first-order valence-corrected chi connectivity index (χ1v) is 10.3. The van der Waals surface area contributed by atoms with E-state index in [0.717, 1.165) is 21.6 Å². The van der Waals surface area contributed by atoms with Crippen LogP contribution < -0.4 is 0 Å². The molecule has 0 unspecified atom stereocenters. The molecule has 134 valence electrons. The van der Waals surface area contributed by atoms with Gasteiger partial charge in [-0.3, -0.25) is 0 Å². The molecule has 1 aromatic heterocycles. The lowest BCUT2D eigenvalue weighted by atomic mass is 10.1. The standard InChI is InChI=1S/C28H16S/c1-3-7-21-11-13-23(26(21)9-5-1)15-16-25-19-20-29-28(25)18-17-24-14-12-22-8-4-2-6-10-27(22)24/h1-14,19-20H. The average Bonchev–Trinajstić information content (AvgIpc) is 3.34. The molecule has 0 nitrogen and oxygen atoms in total. The molecule has 0 bridgehead atoms. The predicted octanol–water partition coefficient (Wildman–Crippen LogP) is 6.76. The maximum atomic E-state index is 3.34. The fourth-order valence-corrected chi connectivity index (χ4v) is 4.11. The summed E-state index contributed by atoms with van der Waals surface area (Å²) in [7, 11) is 0. The van der Waals surface area contributed by atoms with E-state index in [4.69, 9.17) is 0 Å². The quantitative estimate of drug-likeness (QED) is 0.259. The van der Waals surface area contributed by atoms with Crippen LogP contribution in [0.25, 0.3) is 22.3 Å². The molecule has 4 aliphatic carbocycles. The molecule has 0 saturated heterocycles. The van der Waals surface area contributed by atoms with E-state index in [1.54, 1.807) is 11.3 Å². The van der Waals surface area contributed by atoms with Gasteiger partial charge in [-0.1, -0.05) is 90.6 Å². The topological polar surface area (TPSA) is 0 Å². The van der Waals surface area contributed by atoms with Crippen LogP contribution in [0.15, 0.2) is 96.4 Å². The van der Waals surface area contributed by atoms with E-state index in [1.807, 2.05) is 12.1 Å². The zero-order valence-electron chi connectivity index (χ0n) is 15.6. The molecule has 0 amide bonds. The van der Waals surface area contributed by atoms with Crippen molar-refractivity contribution in [3.05, 3.63) is 118 Å². The number of hydrogen-bond acceptors (Lipinski definition) is 1. The highest BCUT2D eigenvalue weighted by Gasteiger charge is 2.07. The summed E-state index contributed by atoms with van der Waals surface area (Å²) in [5.74, 6) is 13.3. The third-order valence-corrected chi connectivity index (χ3v) is 5.72. The molecule has 0 radical (unpaired) electrons. The second kappa shape index (κ2) is 7.69. The largest absolute Gasteiger partial charge is 0.134 e. The highest BCUT2D eigenvalue weighted by molar-refractivity contribution is 7.10. The molecule has 1 heteroatoms. The monoisotopic (exact) mass is 384 g/mol. The Morgan fingerprint density at radius 3 is 1.66 bits per heavy atom. The second-order valence-electron chi connectivity index (χ2n) is 6.72. The van der Waals surface area contributed by atoms with Crippen LogP contribution in [0.2, 0.25) is 0 Å². The minimum absolute atomic E-state index is 0.985. The summed E-state index contributed by atoms with van der Waals surface area (Å²) < 4.78 is 0. The Balaban J connectivity index is 1.47. The summed E-state index contributed by atoms with van der Waals surface area (Å²) in [6.07, 6.45) is 0. The molecular formula is C28H16S. The van der Waals surface area contributed by atoms with Gasteiger partial charge in [0.05, 0.1) is 10.4 Å². The molecule has 29 heavy (non-hydrogen) atoms. The van der Waals surface area contributed by atoms with Crippen LogP contribution in [0.3, 0.4) is 0 Å². The Morgan fingerprint density at radius 1 is 0.448 bits per heavy atom. The molecule has 0 aromatic carbocycles. The van der Waals surface area contributed by atoms with Crippen LogP contribution in [0.1, 0.15) is 21.6 Å². The molecule has 0 aliphatic heterocycles. The van der Waals surface area contributed by atoms with Gasteiger partial charge >= 0.3 is 0 Å². The van der Waals surface area contributed by atoms with E-state index < -0.39 is 0 Å². The first kappa shape index (κ1) is 17.3. The summed E-state index contributed by atoms with van der Waals surface area (Å²) in [4.78, 5) is 1.01. The Labute approximate surface area is 175 Å². The smallest absolute Gasteiger partial charge is 0.0928 e. The molecule has 5 rings (SSSR count). The van der Waals surface area contributed by atoms with Gasteiger partial charge in [0.2, 0.25) is 0 Å². The lowest BCUT2D eigenvalue weighted by molar-refractivity contribution is 1.74. The first-order chi connectivity index (χ1) is 14.4. The van der Waals surface area contributed by atoms with Gasteiger partial charge in [-0.05, 0) is 51.8 Å². The normalized spacial score (nSPS) is 10.2. The number of hydrogen-bond donors (Lipinski definition) is 0. The Kier molecular flexibility index (Phi) is 4.59. The third kappa shape index (κ3) is 3.53. The number of fused-ring (bicyclic) bond motifs is 2. The summed E-state index contributed by atoms with van der Waals surface area (Å²) >= 11 is 1.64. The molecule has 0 atom stereocenters. The van der Waals surface area contributed by atoms with Gasteiger partial charge in [-0.2, -0.15) is 0 Å². The maximum Gasteiger partial charge on any atom is 0.0928 e.